The number of carbonyl (C=O) groups excluding carboxylic acids is 1. The van der Waals surface area contributed by atoms with Crippen molar-refractivity contribution in [3.05, 3.63) is 107 Å². The highest BCUT2D eigenvalue weighted by Gasteiger charge is 2.64. The number of nitrogens with zero attached hydrogens (tertiary/aromatic N) is 1. The normalized spacial score (nSPS) is 13.3. The Morgan fingerprint density at radius 1 is 0.919 bits per heavy atom. The largest absolute Gasteiger partial charge is 0.478 e. The van der Waals surface area contributed by atoms with Crippen molar-refractivity contribution >= 4 is 22.8 Å². The summed E-state index contributed by atoms with van der Waals surface area (Å²) in [6.07, 6.45) is -5.50. The quantitative estimate of drug-likeness (QED) is 0.314. The third kappa shape index (κ3) is 4.82. The van der Waals surface area contributed by atoms with Crippen LogP contribution in [0.5, 0.6) is 0 Å². The summed E-state index contributed by atoms with van der Waals surface area (Å²) < 4.78 is 50.0. The first-order valence-corrected chi connectivity index (χ1v) is 11.5. The number of fused-ring (bicyclic) bond motifs is 1. The molecule has 6 nitrogen and oxygen atoms in total. The van der Waals surface area contributed by atoms with Crippen LogP contribution in [0, 0.1) is 0 Å². The number of carboxylic acids is 1. The van der Waals surface area contributed by atoms with E-state index in [4.69, 9.17) is 4.74 Å². The van der Waals surface area contributed by atoms with Crippen molar-refractivity contribution in [2.45, 2.75) is 31.7 Å². The zero-order valence-corrected chi connectivity index (χ0v) is 19.8. The van der Waals surface area contributed by atoms with E-state index in [0.717, 1.165) is 11.6 Å². The standard InChI is InChI=1S/C28H24F3NO5/c1-2-37-26(35)27(36,28(29,30)31)24-21-14-13-20(25(33)34)16-22(21)32(17-19-11-7-4-8-12-19)23(24)15-18-9-5-3-6-10-18/h3-14,16,36H,2,15,17H2,1H3,(H,33,34). The van der Waals surface area contributed by atoms with Gasteiger partial charge >= 0.3 is 18.1 Å². The topological polar surface area (TPSA) is 88.8 Å². The molecule has 1 atom stereocenters. The molecule has 0 radical (unpaired) electrons. The minimum Gasteiger partial charge on any atom is -0.478 e. The summed E-state index contributed by atoms with van der Waals surface area (Å²) in [6, 6.07) is 21.1. The van der Waals surface area contributed by atoms with E-state index < -0.39 is 29.3 Å². The predicted octanol–water partition coefficient (Wildman–Crippen LogP) is 5.29. The first-order chi connectivity index (χ1) is 17.6. The molecule has 0 amide bonds. The Bertz CT molecular complexity index is 1430. The molecule has 1 unspecified atom stereocenters. The van der Waals surface area contributed by atoms with Gasteiger partial charge in [0.25, 0.3) is 5.60 Å². The summed E-state index contributed by atoms with van der Waals surface area (Å²) in [6.45, 7) is 1.04. The fourth-order valence-corrected chi connectivity index (χ4v) is 4.45. The van der Waals surface area contributed by atoms with Crippen LogP contribution in [0.3, 0.4) is 0 Å². The Kier molecular flexibility index (Phi) is 7.09. The number of carbonyl (C=O) groups is 2. The van der Waals surface area contributed by atoms with E-state index in [1.165, 1.54) is 23.6 Å². The summed E-state index contributed by atoms with van der Waals surface area (Å²) in [7, 11) is 0. The molecule has 3 aromatic carbocycles. The average Bonchev–Trinajstić information content (AvgIpc) is 3.16. The molecule has 0 aliphatic rings. The van der Waals surface area contributed by atoms with Gasteiger partial charge in [0.1, 0.15) is 0 Å². The number of rotatable bonds is 8. The van der Waals surface area contributed by atoms with Gasteiger partial charge in [0.2, 0.25) is 0 Å². The lowest BCUT2D eigenvalue weighted by atomic mass is 9.88. The van der Waals surface area contributed by atoms with E-state index in [-0.39, 0.29) is 41.7 Å². The maximum atomic E-state index is 14.6. The molecule has 4 rings (SSSR count). The first kappa shape index (κ1) is 26.0. The third-order valence-electron chi connectivity index (χ3n) is 6.16. The van der Waals surface area contributed by atoms with E-state index in [9.17, 15) is 33.0 Å². The maximum Gasteiger partial charge on any atom is 0.432 e. The zero-order chi connectivity index (χ0) is 26.8. The molecule has 2 N–H and O–H groups in total. The van der Waals surface area contributed by atoms with Gasteiger partial charge in [-0.3, -0.25) is 0 Å². The predicted molar refractivity (Wildman–Crippen MR) is 130 cm³/mol. The van der Waals surface area contributed by atoms with Crippen LogP contribution < -0.4 is 0 Å². The lowest BCUT2D eigenvalue weighted by Gasteiger charge is -2.29. The minimum absolute atomic E-state index is 0.0143. The first-order valence-electron chi connectivity index (χ1n) is 11.5. The Morgan fingerprint density at radius 2 is 1.51 bits per heavy atom. The molecular weight excluding hydrogens is 487 g/mol. The van der Waals surface area contributed by atoms with Crippen molar-refractivity contribution in [3.8, 4) is 0 Å². The number of halogens is 3. The van der Waals surface area contributed by atoms with Gasteiger partial charge in [0.15, 0.2) is 0 Å². The van der Waals surface area contributed by atoms with Crippen molar-refractivity contribution < 1.29 is 37.7 Å². The van der Waals surface area contributed by atoms with Crippen molar-refractivity contribution in [3.63, 3.8) is 0 Å². The number of aliphatic hydroxyl groups is 1. The molecule has 0 aliphatic heterocycles. The zero-order valence-electron chi connectivity index (χ0n) is 19.8. The second-order valence-electron chi connectivity index (χ2n) is 8.52. The van der Waals surface area contributed by atoms with Crippen molar-refractivity contribution in [1.29, 1.82) is 0 Å². The van der Waals surface area contributed by atoms with Crippen LogP contribution in [0.25, 0.3) is 10.9 Å². The van der Waals surface area contributed by atoms with Crippen LogP contribution >= 0.6 is 0 Å². The molecular formula is C28H24F3NO5. The van der Waals surface area contributed by atoms with Gasteiger partial charge in [0, 0.05) is 35.1 Å². The van der Waals surface area contributed by atoms with Gasteiger partial charge in [-0.15, -0.1) is 0 Å². The van der Waals surface area contributed by atoms with Crippen molar-refractivity contribution in [2.24, 2.45) is 0 Å². The summed E-state index contributed by atoms with van der Waals surface area (Å²) >= 11 is 0. The van der Waals surface area contributed by atoms with Gasteiger partial charge in [-0.2, -0.15) is 13.2 Å². The van der Waals surface area contributed by atoms with Crippen LogP contribution in [0.15, 0.2) is 78.9 Å². The van der Waals surface area contributed by atoms with Crippen LogP contribution in [0.1, 0.15) is 39.7 Å². The average molecular weight is 511 g/mol. The molecule has 0 fully saturated rings. The molecule has 0 saturated heterocycles. The summed E-state index contributed by atoms with van der Waals surface area (Å²) in [5.41, 5.74) is -3.30. The van der Waals surface area contributed by atoms with E-state index >= 15 is 0 Å². The SMILES string of the molecule is CCOC(=O)C(O)(c1c(Cc2ccccc2)n(Cc2ccccc2)c2cc(C(=O)O)ccc12)C(F)(F)F. The number of esters is 1. The van der Waals surface area contributed by atoms with Crippen molar-refractivity contribution in [2.75, 3.05) is 6.61 Å². The molecule has 0 bridgehead atoms. The maximum absolute atomic E-state index is 14.6. The van der Waals surface area contributed by atoms with Gasteiger partial charge in [-0.05, 0) is 30.2 Å². The summed E-state index contributed by atoms with van der Waals surface area (Å²) in [5.74, 6) is -3.12. The fourth-order valence-electron chi connectivity index (χ4n) is 4.45. The number of benzene rings is 3. The monoisotopic (exact) mass is 511 g/mol. The van der Waals surface area contributed by atoms with Crippen LogP contribution in [0.2, 0.25) is 0 Å². The number of aromatic nitrogens is 1. The Morgan fingerprint density at radius 3 is 2.05 bits per heavy atom. The second-order valence-corrected chi connectivity index (χ2v) is 8.52. The smallest absolute Gasteiger partial charge is 0.432 e. The minimum atomic E-state index is -5.43. The Balaban J connectivity index is 2.12. The molecule has 0 aliphatic carbocycles. The van der Waals surface area contributed by atoms with E-state index in [1.54, 1.807) is 60.7 Å². The number of alkyl halides is 3. The van der Waals surface area contributed by atoms with Gasteiger partial charge in [0.05, 0.1) is 12.2 Å². The van der Waals surface area contributed by atoms with Crippen LogP contribution in [-0.4, -0.2) is 39.5 Å². The van der Waals surface area contributed by atoms with Crippen LogP contribution in [0.4, 0.5) is 13.2 Å². The van der Waals surface area contributed by atoms with Crippen molar-refractivity contribution in [1.82, 2.24) is 4.57 Å². The molecule has 0 spiro atoms. The third-order valence-corrected chi connectivity index (χ3v) is 6.16. The van der Waals surface area contributed by atoms with E-state index in [2.05, 4.69) is 0 Å². The molecule has 1 heterocycles. The van der Waals surface area contributed by atoms with E-state index in [0.29, 0.717) is 5.56 Å². The fraction of sp³-hybridized carbons (Fsp3) is 0.214. The highest BCUT2D eigenvalue weighted by atomic mass is 19.4. The molecule has 9 heteroatoms. The molecule has 0 saturated carbocycles. The van der Waals surface area contributed by atoms with Gasteiger partial charge in [-0.1, -0.05) is 66.7 Å². The highest BCUT2D eigenvalue weighted by Crippen LogP contribution is 2.46. The number of carboxylic acid groups (broad SMARTS) is 1. The molecule has 4 aromatic rings. The highest BCUT2D eigenvalue weighted by molar-refractivity contribution is 5.98. The number of ether oxygens (including phenoxy) is 1. The van der Waals surface area contributed by atoms with Crippen LogP contribution in [-0.2, 0) is 28.1 Å². The Labute approximate surface area is 210 Å². The number of hydrogen-bond acceptors (Lipinski definition) is 4. The molecule has 192 valence electrons. The summed E-state index contributed by atoms with van der Waals surface area (Å²) in [4.78, 5) is 24.5. The van der Waals surface area contributed by atoms with E-state index in [1.807, 2.05) is 0 Å². The Hall–Kier alpha value is -4.11. The molecule has 1 aromatic heterocycles. The summed E-state index contributed by atoms with van der Waals surface area (Å²) in [5, 5.41) is 20.7. The number of aromatic carboxylic acids is 1. The number of hydrogen-bond donors (Lipinski definition) is 2. The second kappa shape index (κ2) is 10.1. The van der Waals surface area contributed by atoms with Gasteiger partial charge < -0.3 is 19.5 Å². The molecule has 37 heavy (non-hydrogen) atoms. The van der Waals surface area contributed by atoms with Gasteiger partial charge in [-0.25, -0.2) is 9.59 Å². The lowest BCUT2D eigenvalue weighted by Crippen LogP contribution is -2.50. The lowest BCUT2D eigenvalue weighted by molar-refractivity contribution is -0.267.